The standard InChI is InChI=1S/C14H24N4/c1-6-16-18(8-1)9-2-7-17-10-5-13(12-17)11-15-14-3-4-14/h1,6,8,13-15H,2-5,7,9-12H2. The number of aromatic nitrogens is 2. The zero-order chi connectivity index (χ0) is 12.2. The third-order valence-corrected chi connectivity index (χ3v) is 4.06. The minimum Gasteiger partial charge on any atom is -0.314 e. The molecule has 1 atom stereocenters. The fourth-order valence-corrected chi connectivity index (χ4v) is 2.79. The predicted molar refractivity (Wildman–Crippen MR) is 72.4 cm³/mol. The van der Waals surface area contributed by atoms with Crippen molar-refractivity contribution in [2.75, 3.05) is 26.2 Å². The molecule has 1 aliphatic carbocycles. The lowest BCUT2D eigenvalue weighted by atomic mass is 10.1. The molecule has 0 aromatic carbocycles. The number of rotatable bonds is 7. The normalized spacial score (nSPS) is 24.8. The summed E-state index contributed by atoms with van der Waals surface area (Å²) in [7, 11) is 0. The van der Waals surface area contributed by atoms with Gasteiger partial charge in [0.1, 0.15) is 0 Å². The fourth-order valence-electron chi connectivity index (χ4n) is 2.79. The highest BCUT2D eigenvalue weighted by atomic mass is 15.3. The molecule has 1 saturated heterocycles. The predicted octanol–water partition coefficient (Wildman–Crippen LogP) is 1.35. The molecule has 100 valence electrons. The van der Waals surface area contributed by atoms with Gasteiger partial charge in [0.2, 0.25) is 0 Å². The number of hydrogen-bond acceptors (Lipinski definition) is 3. The molecule has 0 amide bonds. The summed E-state index contributed by atoms with van der Waals surface area (Å²) in [4.78, 5) is 2.61. The third-order valence-electron chi connectivity index (χ3n) is 4.06. The van der Waals surface area contributed by atoms with Crippen molar-refractivity contribution in [2.24, 2.45) is 5.92 Å². The second kappa shape index (κ2) is 5.85. The summed E-state index contributed by atoms with van der Waals surface area (Å²) >= 11 is 0. The Morgan fingerprint density at radius 3 is 2.94 bits per heavy atom. The lowest BCUT2D eigenvalue weighted by Gasteiger charge is -2.16. The van der Waals surface area contributed by atoms with Gasteiger partial charge in [-0.3, -0.25) is 4.68 Å². The molecule has 3 rings (SSSR count). The Morgan fingerprint density at radius 2 is 2.17 bits per heavy atom. The van der Waals surface area contributed by atoms with E-state index < -0.39 is 0 Å². The fraction of sp³-hybridized carbons (Fsp3) is 0.786. The van der Waals surface area contributed by atoms with Crippen LogP contribution < -0.4 is 5.32 Å². The smallest absolute Gasteiger partial charge is 0.0489 e. The quantitative estimate of drug-likeness (QED) is 0.790. The van der Waals surface area contributed by atoms with Crippen LogP contribution in [0.4, 0.5) is 0 Å². The first-order chi connectivity index (χ1) is 8.90. The van der Waals surface area contributed by atoms with E-state index >= 15 is 0 Å². The van der Waals surface area contributed by atoms with Gasteiger partial charge in [0.15, 0.2) is 0 Å². The maximum Gasteiger partial charge on any atom is 0.0489 e. The molecule has 2 fully saturated rings. The molecule has 4 heteroatoms. The Bertz CT molecular complexity index is 345. The molecule has 2 heterocycles. The summed E-state index contributed by atoms with van der Waals surface area (Å²) in [5.74, 6) is 0.885. The van der Waals surface area contributed by atoms with Crippen LogP contribution in [0, 0.1) is 5.92 Å². The van der Waals surface area contributed by atoms with Crippen LogP contribution in [-0.2, 0) is 6.54 Å². The largest absolute Gasteiger partial charge is 0.314 e. The number of nitrogens with zero attached hydrogens (tertiary/aromatic N) is 3. The molecule has 1 aromatic heterocycles. The molecule has 1 unspecified atom stereocenters. The molecule has 18 heavy (non-hydrogen) atoms. The van der Waals surface area contributed by atoms with Crippen molar-refractivity contribution in [2.45, 2.75) is 38.3 Å². The summed E-state index contributed by atoms with van der Waals surface area (Å²) in [5, 5.41) is 7.90. The van der Waals surface area contributed by atoms with Gasteiger partial charge in [-0.05, 0) is 57.3 Å². The summed E-state index contributed by atoms with van der Waals surface area (Å²) in [6.45, 7) is 6.09. The molecule has 1 saturated carbocycles. The highest BCUT2D eigenvalue weighted by Crippen LogP contribution is 2.21. The number of likely N-dealkylation sites (tertiary alicyclic amines) is 1. The van der Waals surface area contributed by atoms with Crippen LogP contribution in [-0.4, -0.2) is 46.9 Å². The lowest BCUT2D eigenvalue weighted by Crippen LogP contribution is -2.28. The van der Waals surface area contributed by atoms with Crippen molar-refractivity contribution in [3.63, 3.8) is 0 Å². The van der Waals surface area contributed by atoms with Crippen LogP contribution in [0.1, 0.15) is 25.7 Å². The van der Waals surface area contributed by atoms with Gasteiger partial charge in [-0.15, -0.1) is 0 Å². The van der Waals surface area contributed by atoms with Gasteiger partial charge in [-0.1, -0.05) is 0 Å². The Hall–Kier alpha value is -0.870. The maximum atomic E-state index is 4.24. The van der Waals surface area contributed by atoms with E-state index in [0.29, 0.717) is 0 Å². The van der Waals surface area contributed by atoms with Crippen molar-refractivity contribution >= 4 is 0 Å². The van der Waals surface area contributed by atoms with E-state index in [-0.39, 0.29) is 0 Å². The molecule has 1 aliphatic heterocycles. The molecule has 0 bridgehead atoms. The van der Waals surface area contributed by atoms with E-state index in [4.69, 9.17) is 0 Å². The molecule has 1 N–H and O–H groups in total. The maximum absolute atomic E-state index is 4.24. The zero-order valence-electron chi connectivity index (χ0n) is 11.1. The molecular formula is C14H24N4. The second-order valence-electron chi connectivity index (χ2n) is 5.76. The minimum atomic E-state index is 0.860. The SMILES string of the molecule is c1cnn(CCCN2CCC(CNC3CC3)C2)c1. The van der Waals surface area contributed by atoms with E-state index in [9.17, 15) is 0 Å². The first kappa shape index (κ1) is 12.2. The number of hydrogen-bond donors (Lipinski definition) is 1. The van der Waals surface area contributed by atoms with E-state index in [1.54, 1.807) is 0 Å². The first-order valence-corrected chi connectivity index (χ1v) is 7.33. The van der Waals surface area contributed by atoms with Crippen molar-refractivity contribution in [1.82, 2.24) is 20.0 Å². The van der Waals surface area contributed by atoms with Gasteiger partial charge in [-0.25, -0.2) is 0 Å². The number of aryl methyl sites for hydroxylation is 1. The van der Waals surface area contributed by atoms with Gasteiger partial charge in [0, 0.05) is 31.5 Å². The van der Waals surface area contributed by atoms with Crippen molar-refractivity contribution in [1.29, 1.82) is 0 Å². The van der Waals surface area contributed by atoms with Gasteiger partial charge < -0.3 is 10.2 Å². The zero-order valence-corrected chi connectivity index (χ0v) is 11.1. The Kier molecular flexibility index (Phi) is 3.96. The van der Waals surface area contributed by atoms with Gasteiger partial charge >= 0.3 is 0 Å². The highest BCUT2D eigenvalue weighted by molar-refractivity contribution is 4.84. The first-order valence-electron chi connectivity index (χ1n) is 7.33. The average Bonchev–Trinajstić information content (AvgIpc) is 2.89. The van der Waals surface area contributed by atoms with E-state index in [1.165, 1.54) is 51.9 Å². The molecule has 1 aromatic rings. The Labute approximate surface area is 109 Å². The van der Waals surface area contributed by atoms with Gasteiger partial charge in [-0.2, -0.15) is 5.10 Å². The average molecular weight is 248 g/mol. The van der Waals surface area contributed by atoms with Gasteiger partial charge in [0.05, 0.1) is 0 Å². The van der Waals surface area contributed by atoms with Crippen molar-refractivity contribution in [3.8, 4) is 0 Å². The van der Waals surface area contributed by atoms with Crippen molar-refractivity contribution in [3.05, 3.63) is 18.5 Å². The topological polar surface area (TPSA) is 33.1 Å². The van der Waals surface area contributed by atoms with E-state index in [1.807, 2.05) is 23.1 Å². The summed E-state index contributed by atoms with van der Waals surface area (Å²) in [5.41, 5.74) is 0. The van der Waals surface area contributed by atoms with Crippen LogP contribution in [0.2, 0.25) is 0 Å². The molecule has 0 radical (unpaired) electrons. The summed E-state index contributed by atoms with van der Waals surface area (Å²) < 4.78 is 2.03. The van der Waals surface area contributed by atoms with Crippen molar-refractivity contribution < 1.29 is 0 Å². The Balaban J connectivity index is 1.29. The van der Waals surface area contributed by atoms with Crippen LogP contribution in [0.25, 0.3) is 0 Å². The number of nitrogens with one attached hydrogen (secondary N) is 1. The van der Waals surface area contributed by atoms with Gasteiger partial charge in [0.25, 0.3) is 0 Å². The summed E-state index contributed by atoms with van der Waals surface area (Å²) in [6, 6.07) is 2.86. The molecule has 2 aliphatic rings. The second-order valence-corrected chi connectivity index (χ2v) is 5.76. The van der Waals surface area contributed by atoms with Crippen LogP contribution in [0.3, 0.4) is 0 Å². The van der Waals surface area contributed by atoms with E-state index in [2.05, 4.69) is 15.3 Å². The van der Waals surface area contributed by atoms with E-state index in [0.717, 1.165) is 18.5 Å². The third kappa shape index (κ3) is 3.56. The summed E-state index contributed by atoms with van der Waals surface area (Å²) in [6.07, 6.45) is 9.30. The van der Waals surface area contributed by atoms with Crippen LogP contribution in [0.15, 0.2) is 18.5 Å². The molecule has 4 nitrogen and oxygen atoms in total. The monoisotopic (exact) mass is 248 g/mol. The minimum absolute atomic E-state index is 0.860. The highest BCUT2D eigenvalue weighted by Gasteiger charge is 2.25. The Morgan fingerprint density at radius 1 is 1.22 bits per heavy atom. The molecular weight excluding hydrogens is 224 g/mol. The molecule has 0 spiro atoms. The van der Waals surface area contributed by atoms with Crippen LogP contribution in [0.5, 0.6) is 0 Å². The lowest BCUT2D eigenvalue weighted by molar-refractivity contribution is 0.307. The van der Waals surface area contributed by atoms with Crippen LogP contribution >= 0.6 is 0 Å².